The van der Waals surface area contributed by atoms with Crippen molar-refractivity contribution in [2.24, 2.45) is 5.92 Å². The topological polar surface area (TPSA) is 32.3 Å². The lowest BCUT2D eigenvalue weighted by atomic mass is 10.0. The van der Waals surface area contributed by atoms with E-state index >= 15 is 0 Å². The number of carbonyl (C=O) groups excluding carboxylic acids is 1. The Morgan fingerprint density at radius 2 is 2.17 bits per heavy atom. The summed E-state index contributed by atoms with van der Waals surface area (Å²) in [6, 6.07) is 7.56. The van der Waals surface area contributed by atoms with Crippen molar-refractivity contribution in [3.63, 3.8) is 0 Å². The smallest absolute Gasteiger partial charge is 0.241 e. The van der Waals surface area contributed by atoms with Gasteiger partial charge < -0.3 is 4.90 Å². The van der Waals surface area contributed by atoms with E-state index in [1.807, 2.05) is 31.3 Å². The molecule has 3 nitrogen and oxygen atoms in total. The predicted molar refractivity (Wildman–Crippen MR) is 73.3 cm³/mol. The molecule has 2 rings (SSSR count). The van der Waals surface area contributed by atoms with Crippen LogP contribution in [0.4, 0.5) is 0 Å². The highest BCUT2D eigenvalue weighted by molar-refractivity contribution is 6.30. The lowest BCUT2D eigenvalue weighted by Crippen LogP contribution is -2.30. The fourth-order valence-electron chi connectivity index (χ4n) is 2.38. The SMILES string of the molecule is CC(C)CC1NC(c2cccc(Cl)c2)N(C)C1=O. The van der Waals surface area contributed by atoms with Gasteiger partial charge in [-0.15, -0.1) is 0 Å². The van der Waals surface area contributed by atoms with Crippen LogP contribution in [-0.2, 0) is 4.79 Å². The summed E-state index contributed by atoms with van der Waals surface area (Å²) in [5.41, 5.74) is 1.03. The third kappa shape index (κ3) is 2.68. The Labute approximate surface area is 113 Å². The molecule has 0 bridgehead atoms. The van der Waals surface area contributed by atoms with E-state index in [-0.39, 0.29) is 18.1 Å². The molecule has 1 aromatic carbocycles. The maximum absolute atomic E-state index is 12.1. The fraction of sp³-hybridized carbons (Fsp3) is 0.500. The minimum atomic E-state index is -0.0843. The van der Waals surface area contributed by atoms with E-state index in [9.17, 15) is 4.79 Å². The van der Waals surface area contributed by atoms with Gasteiger partial charge in [-0.1, -0.05) is 37.6 Å². The maximum Gasteiger partial charge on any atom is 0.241 e. The van der Waals surface area contributed by atoms with Crippen LogP contribution in [0.3, 0.4) is 0 Å². The minimum absolute atomic E-state index is 0.0695. The van der Waals surface area contributed by atoms with E-state index < -0.39 is 0 Å². The summed E-state index contributed by atoms with van der Waals surface area (Å²) in [4.78, 5) is 13.9. The van der Waals surface area contributed by atoms with Gasteiger partial charge in [0.1, 0.15) is 6.17 Å². The molecule has 1 fully saturated rings. The Balaban J connectivity index is 2.18. The van der Waals surface area contributed by atoms with Crippen molar-refractivity contribution in [3.05, 3.63) is 34.9 Å². The number of hydrogen-bond acceptors (Lipinski definition) is 2. The first kappa shape index (κ1) is 13.4. The summed E-state index contributed by atoms with van der Waals surface area (Å²) < 4.78 is 0. The van der Waals surface area contributed by atoms with Crippen LogP contribution in [0.2, 0.25) is 5.02 Å². The Morgan fingerprint density at radius 3 is 2.78 bits per heavy atom. The van der Waals surface area contributed by atoms with Gasteiger partial charge in [-0.05, 0) is 30.0 Å². The average molecular weight is 267 g/mol. The summed E-state index contributed by atoms with van der Waals surface area (Å²) in [5, 5.41) is 4.08. The quantitative estimate of drug-likeness (QED) is 0.912. The van der Waals surface area contributed by atoms with Crippen LogP contribution >= 0.6 is 11.6 Å². The Kier molecular flexibility index (Phi) is 3.93. The number of hydrogen-bond donors (Lipinski definition) is 1. The third-order valence-electron chi connectivity index (χ3n) is 3.26. The number of likely N-dealkylation sites (N-methyl/N-ethyl adjacent to an activating group) is 1. The van der Waals surface area contributed by atoms with Gasteiger partial charge >= 0.3 is 0 Å². The first-order valence-corrected chi connectivity index (χ1v) is 6.65. The number of halogens is 1. The molecule has 2 atom stereocenters. The Hall–Kier alpha value is -1.06. The number of rotatable bonds is 3. The van der Waals surface area contributed by atoms with Crippen molar-refractivity contribution < 1.29 is 4.79 Å². The Bertz CT molecular complexity index is 447. The molecule has 4 heteroatoms. The van der Waals surface area contributed by atoms with Crippen molar-refractivity contribution in [2.75, 3.05) is 7.05 Å². The monoisotopic (exact) mass is 266 g/mol. The number of carbonyl (C=O) groups is 1. The number of nitrogens with one attached hydrogen (secondary N) is 1. The van der Waals surface area contributed by atoms with E-state index in [4.69, 9.17) is 11.6 Å². The average Bonchev–Trinajstić information content (AvgIpc) is 2.57. The molecule has 1 heterocycles. The summed E-state index contributed by atoms with van der Waals surface area (Å²) in [5.74, 6) is 0.659. The highest BCUT2D eigenvalue weighted by Gasteiger charge is 2.37. The van der Waals surface area contributed by atoms with Gasteiger partial charge in [0, 0.05) is 12.1 Å². The van der Waals surface area contributed by atoms with Crippen LogP contribution in [-0.4, -0.2) is 23.9 Å². The summed E-state index contributed by atoms with van der Waals surface area (Å²) in [6.45, 7) is 4.25. The van der Waals surface area contributed by atoms with Crippen LogP contribution in [0.5, 0.6) is 0 Å². The van der Waals surface area contributed by atoms with E-state index in [1.165, 1.54) is 0 Å². The summed E-state index contributed by atoms with van der Waals surface area (Å²) in [7, 11) is 1.83. The van der Waals surface area contributed by atoms with Gasteiger partial charge in [0.25, 0.3) is 0 Å². The van der Waals surface area contributed by atoms with Crippen LogP contribution in [0, 0.1) is 5.92 Å². The highest BCUT2D eigenvalue weighted by atomic mass is 35.5. The lowest BCUT2D eigenvalue weighted by molar-refractivity contribution is -0.129. The lowest BCUT2D eigenvalue weighted by Gasteiger charge is -2.19. The van der Waals surface area contributed by atoms with E-state index in [2.05, 4.69) is 19.2 Å². The third-order valence-corrected chi connectivity index (χ3v) is 3.50. The normalized spacial score (nSPS) is 24.1. The van der Waals surface area contributed by atoms with Crippen LogP contribution < -0.4 is 5.32 Å². The molecule has 0 aliphatic carbocycles. The zero-order chi connectivity index (χ0) is 13.3. The molecule has 0 radical (unpaired) electrons. The van der Waals surface area contributed by atoms with Crippen molar-refractivity contribution >= 4 is 17.5 Å². The fourth-order valence-corrected chi connectivity index (χ4v) is 2.58. The molecule has 1 aliphatic heterocycles. The molecule has 0 aromatic heterocycles. The van der Waals surface area contributed by atoms with Gasteiger partial charge in [0.05, 0.1) is 6.04 Å². The molecule has 1 aromatic rings. The second-order valence-corrected chi connectivity index (χ2v) is 5.69. The van der Waals surface area contributed by atoms with Gasteiger partial charge in [-0.25, -0.2) is 0 Å². The number of amides is 1. The molecule has 98 valence electrons. The summed E-state index contributed by atoms with van der Waals surface area (Å²) in [6.07, 6.45) is 0.792. The van der Waals surface area contributed by atoms with Crippen molar-refractivity contribution in [3.8, 4) is 0 Å². The molecule has 0 spiro atoms. The minimum Gasteiger partial charge on any atom is -0.325 e. The predicted octanol–water partition coefficient (Wildman–Crippen LogP) is 2.81. The van der Waals surface area contributed by atoms with Gasteiger partial charge in [-0.2, -0.15) is 0 Å². The van der Waals surface area contributed by atoms with Crippen LogP contribution in [0.1, 0.15) is 32.0 Å². The van der Waals surface area contributed by atoms with Crippen LogP contribution in [0.15, 0.2) is 24.3 Å². The van der Waals surface area contributed by atoms with Gasteiger partial charge in [-0.3, -0.25) is 10.1 Å². The molecule has 1 N–H and O–H groups in total. The zero-order valence-electron chi connectivity index (χ0n) is 11.0. The van der Waals surface area contributed by atoms with E-state index in [1.54, 1.807) is 4.90 Å². The first-order valence-electron chi connectivity index (χ1n) is 6.27. The van der Waals surface area contributed by atoms with E-state index in [0.29, 0.717) is 10.9 Å². The largest absolute Gasteiger partial charge is 0.325 e. The van der Waals surface area contributed by atoms with E-state index in [0.717, 1.165) is 12.0 Å². The molecule has 1 aliphatic rings. The number of benzene rings is 1. The molecular weight excluding hydrogens is 248 g/mol. The molecule has 18 heavy (non-hydrogen) atoms. The standard InChI is InChI=1S/C14H19ClN2O/c1-9(2)7-12-14(18)17(3)13(16-12)10-5-4-6-11(15)8-10/h4-6,8-9,12-13,16H,7H2,1-3H3. The Morgan fingerprint density at radius 1 is 1.44 bits per heavy atom. The first-order chi connectivity index (χ1) is 8.49. The van der Waals surface area contributed by atoms with Crippen molar-refractivity contribution in [1.82, 2.24) is 10.2 Å². The molecule has 2 unspecified atom stereocenters. The van der Waals surface area contributed by atoms with Crippen molar-refractivity contribution in [2.45, 2.75) is 32.5 Å². The number of nitrogens with zero attached hydrogens (tertiary/aromatic N) is 1. The molecule has 1 amide bonds. The van der Waals surface area contributed by atoms with Gasteiger partial charge in [0.2, 0.25) is 5.91 Å². The second kappa shape index (κ2) is 5.29. The highest BCUT2D eigenvalue weighted by Crippen LogP contribution is 2.27. The molecule has 1 saturated heterocycles. The second-order valence-electron chi connectivity index (χ2n) is 5.26. The van der Waals surface area contributed by atoms with Gasteiger partial charge in [0.15, 0.2) is 0 Å². The maximum atomic E-state index is 12.1. The van der Waals surface area contributed by atoms with Crippen molar-refractivity contribution in [1.29, 1.82) is 0 Å². The molecule has 0 saturated carbocycles. The summed E-state index contributed by atoms with van der Waals surface area (Å²) >= 11 is 6.00. The molecular formula is C14H19ClN2O. The zero-order valence-corrected chi connectivity index (χ0v) is 11.7. The van der Waals surface area contributed by atoms with Crippen LogP contribution in [0.25, 0.3) is 0 Å².